The fourth-order valence-electron chi connectivity index (χ4n) is 1.26. The summed E-state index contributed by atoms with van der Waals surface area (Å²) in [6, 6.07) is 3.81. The third-order valence-corrected chi connectivity index (χ3v) is 2.69. The summed E-state index contributed by atoms with van der Waals surface area (Å²) in [6.07, 6.45) is 2.96. The number of hydrogen-bond acceptors (Lipinski definition) is 3. The number of hydrogen-bond donors (Lipinski definition) is 1. The second-order valence-electron chi connectivity index (χ2n) is 3.73. The first-order chi connectivity index (χ1) is 7.33. The molecule has 0 atom stereocenters. The molecule has 1 rings (SSSR count). The summed E-state index contributed by atoms with van der Waals surface area (Å²) >= 11 is 0. The van der Waals surface area contributed by atoms with Gasteiger partial charge < -0.3 is 5.32 Å². The fourth-order valence-corrected chi connectivity index (χ4v) is 1.90. The van der Waals surface area contributed by atoms with Crippen LogP contribution in [0.1, 0.15) is 10.4 Å². The highest BCUT2D eigenvalue weighted by Gasteiger charge is 2.10. The Morgan fingerprint density at radius 1 is 1.44 bits per heavy atom. The van der Waals surface area contributed by atoms with Crippen molar-refractivity contribution < 1.29 is 13.4 Å². The van der Waals surface area contributed by atoms with Crippen molar-refractivity contribution in [1.29, 1.82) is 0 Å². The molecule has 3 nitrogen and oxygen atoms in total. The van der Waals surface area contributed by atoms with Crippen LogP contribution < -0.4 is 5.32 Å². The van der Waals surface area contributed by atoms with Gasteiger partial charge in [0.1, 0.15) is 5.82 Å². The zero-order valence-corrected chi connectivity index (χ0v) is 10.2. The van der Waals surface area contributed by atoms with Gasteiger partial charge in [-0.15, -0.1) is 0 Å². The van der Waals surface area contributed by atoms with Gasteiger partial charge in [0.05, 0.1) is 0 Å². The van der Waals surface area contributed by atoms with E-state index in [1.165, 1.54) is 36.1 Å². The zero-order chi connectivity index (χ0) is 12.3. The molecule has 0 unspecified atom stereocenters. The Hall–Kier alpha value is -1.36. The molecule has 0 fully saturated rings. The summed E-state index contributed by atoms with van der Waals surface area (Å²) in [6.45, 7) is 0. The lowest BCUT2D eigenvalue weighted by molar-refractivity contribution is 0.107. The summed E-state index contributed by atoms with van der Waals surface area (Å²) in [4.78, 5) is 11.8. The topological polar surface area (TPSA) is 46.2 Å². The van der Waals surface area contributed by atoms with Crippen molar-refractivity contribution in [3.05, 3.63) is 29.6 Å². The number of rotatable bonds is 3. The Morgan fingerprint density at radius 2 is 2.06 bits per heavy atom. The van der Waals surface area contributed by atoms with Crippen LogP contribution in [0.3, 0.4) is 0 Å². The molecule has 1 aromatic rings. The van der Waals surface area contributed by atoms with E-state index in [0.717, 1.165) is 0 Å². The lowest BCUT2D eigenvalue weighted by atomic mass is 10.1. The number of Topliss-reactive ketones (excluding diaryl/α,β-unsaturated/α-hetero) is 1. The first-order valence-electron chi connectivity index (χ1n) is 4.64. The van der Waals surface area contributed by atoms with Crippen molar-refractivity contribution >= 4 is 26.4 Å². The normalized spacial score (nSPS) is 11.0. The van der Waals surface area contributed by atoms with Crippen LogP contribution in [0.25, 0.3) is 0 Å². The molecule has 0 saturated heterocycles. The molecule has 0 spiro atoms. The number of carbonyl (C=O) groups excluding carboxylic acids is 1. The lowest BCUT2D eigenvalue weighted by Crippen LogP contribution is -2.11. The largest absolute Gasteiger partial charge is 0.387 e. The predicted octanol–water partition coefficient (Wildman–Crippen LogP) is 1.40. The van der Waals surface area contributed by atoms with E-state index in [4.69, 9.17) is 0 Å². The van der Waals surface area contributed by atoms with Crippen LogP contribution in [-0.4, -0.2) is 34.9 Å². The van der Waals surface area contributed by atoms with Gasteiger partial charge in [0.25, 0.3) is 0 Å². The highest BCUT2D eigenvalue weighted by atomic mass is 32.2. The zero-order valence-electron chi connectivity index (χ0n) is 9.41. The molecule has 0 amide bonds. The van der Waals surface area contributed by atoms with Gasteiger partial charge in [-0.25, -0.2) is 4.39 Å². The van der Waals surface area contributed by atoms with Gasteiger partial charge in [0.15, 0.2) is 5.78 Å². The second-order valence-corrected chi connectivity index (χ2v) is 6.59. The Morgan fingerprint density at radius 3 is 2.56 bits per heavy atom. The van der Waals surface area contributed by atoms with E-state index in [2.05, 4.69) is 5.32 Å². The van der Waals surface area contributed by atoms with Crippen LogP contribution >= 0.6 is 0 Å². The van der Waals surface area contributed by atoms with Crippen LogP contribution in [0.4, 0.5) is 10.1 Å². The third-order valence-electron chi connectivity index (χ3n) is 1.91. The molecular formula is C11H14FNO2S. The van der Waals surface area contributed by atoms with E-state index >= 15 is 0 Å². The van der Waals surface area contributed by atoms with Gasteiger partial charge in [0, 0.05) is 36.2 Å². The molecule has 5 heteroatoms. The molecular weight excluding hydrogens is 229 g/mol. The van der Waals surface area contributed by atoms with Crippen LogP contribution in [0, 0.1) is 5.82 Å². The number of ketones is 1. The second kappa shape index (κ2) is 4.65. The maximum Gasteiger partial charge on any atom is 0.195 e. The molecule has 0 bridgehead atoms. The maximum atomic E-state index is 12.9. The van der Waals surface area contributed by atoms with Gasteiger partial charge in [-0.1, -0.05) is 0 Å². The van der Waals surface area contributed by atoms with E-state index in [0.29, 0.717) is 11.3 Å². The van der Waals surface area contributed by atoms with Crippen LogP contribution in [0.2, 0.25) is 0 Å². The maximum absolute atomic E-state index is 12.9. The minimum Gasteiger partial charge on any atom is -0.387 e. The first kappa shape index (κ1) is 12.7. The Bertz CT molecular complexity index is 523. The van der Waals surface area contributed by atoms with Crippen molar-refractivity contribution in [2.24, 2.45) is 0 Å². The Kier molecular flexibility index (Phi) is 3.70. The molecule has 0 aliphatic rings. The number of anilines is 1. The standard InChI is InChI=1S/C11H14FNO2S/c1-13-10-6-8(12)4-5-9(10)11(14)7-16(2,3)15/h4-7,13H,1-3H3. The van der Waals surface area contributed by atoms with E-state index in [1.54, 1.807) is 7.05 Å². The summed E-state index contributed by atoms with van der Waals surface area (Å²) in [5.41, 5.74) is 0.713. The van der Waals surface area contributed by atoms with Crippen molar-refractivity contribution in [2.45, 2.75) is 0 Å². The highest BCUT2D eigenvalue weighted by molar-refractivity contribution is 8.01. The van der Waals surface area contributed by atoms with Gasteiger partial charge in [-0.2, -0.15) is 0 Å². The number of nitrogens with one attached hydrogen (secondary N) is 1. The monoisotopic (exact) mass is 243 g/mol. The summed E-state index contributed by atoms with van der Waals surface area (Å²) in [5, 5.41) is 3.90. The molecule has 88 valence electrons. The molecule has 0 radical (unpaired) electrons. The molecule has 16 heavy (non-hydrogen) atoms. The van der Waals surface area contributed by atoms with Crippen molar-refractivity contribution in [1.82, 2.24) is 0 Å². The van der Waals surface area contributed by atoms with Crippen LogP contribution in [0.5, 0.6) is 0 Å². The average Bonchev–Trinajstić information content (AvgIpc) is 2.14. The smallest absolute Gasteiger partial charge is 0.195 e. The molecule has 1 N–H and O–H groups in total. The predicted molar refractivity (Wildman–Crippen MR) is 66.3 cm³/mol. The van der Waals surface area contributed by atoms with Crippen molar-refractivity contribution in [2.75, 3.05) is 24.9 Å². The highest BCUT2D eigenvalue weighted by Crippen LogP contribution is 2.16. The van der Waals surface area contributed by atoms with Gasteiger partial charge >= 0.3 is 0 Å². The fraction of sp³-hybridized carbons (Fsp3) is 0.273. The molecule has 0 aliphatic heterocycles. The minimum absolute atomic E-state index is 0.320. The third kappa shape index (κ3) is 3.34. The Labute approximate surface area is 94.7 Å². The van der Waals surface area contributed by atoms with Gasteiger partial charge in [-0.05, 0) is 27.7 Å². The lowest BCUT2D eigenvalue weighted by Gasteiger charge is -2.06. The van der Waals surface area contributed by atoms with Gasteiger partial charge in [0.2, 0.25) is 0 Å². The van der Waals surface area contributed by atoms with E-state index in [1.807, 2.05) is 0 Å². The molecule has 0 aromatic heterocycles. The van der Waals surface area contributed by atoms with Crippen LogP contribution in [-0.2, 0) is 9.52 Å². The summed E-state index contributed by atoms with van der Waals surface area (Å²) < 4.78 is 24.4. The van der Waals surface area contributed by atoms with Crippen LogP contribution in [0.15, 0.2) is 18.2 Å². The summed E-state index contributed by atoms with van der Waals surface area (Å²) in [5.74, 6) is -0.783. The molecule has 0 heterocycles. The van der Waals surface area contributed by atoms with E-state index < -0.39 is 15.3 Å². The summed E-state index contributed by atoms with van der Waals surface area (Å²) in [7, 11) is -0.655. The number of benzene rings is 1. The average molecular weight is 243 g/mol. The molecule has 1 aromatic carbocycles. The van der Waals surface area contributed by atoms with E-state index in [-0.39, 0.29) is 5.78 Å². The van der Waals surface area contributed by atoms with E-state index in [9.17, 15) is 13.4 Å². The number of halogens is 1. The first-order valence-corrected chi connectivity index (χ1v) is 7.08. The Balaban J connectivity index is 3.25. The minimum atomic E-state index is -2.25. The quantitative estimate of drug-likeness (QED) is 0.644. The molecule has 0 saturated carbocycles. The van der Waals surface area contributed by atoms with Gasteiger partial charge in [-0.3, -0.25) is 9.00 Å². The molecule has 0 aliphatic carbocycles. The number of carbonyl (C=O) groups is 1. The van der Waals surface area contributed by atoms with Crippen molar-refractivity contribution in [3.63, 3.8) is 0 Å². The van der Waals surface area contributed by atoms with Crippen molar-refractivity contribution in [3.8, 4) is 0 Å². The SMILES string of the molecule is CNc1cc(F)ccc1C(=O)C=S(C)(C)=O.